The largest absolute Gasteiger partial charge is 0.297 e. The van der Waals surface area contributed by atoms with Gasteiger partial charge in [0.1, 0.15) is 0 Å². The van der Waals surface area contributed by atoms with Crippen LogP contribution >= 0.6 is 0 Å². The molecule has 0 heterocycles. The molecule has 0 radical (unpaired) electrons. The molecule has 13 heavy (non-hydrogen) atoms. The smallest absolute Gasteiger partial charge is 0.251 e. The van der Waals surface area contributed by atoms with E-state index in [9.17, 15) is 8.42 Å². The van der Waals surface area contributed by atoms with Crippen LogP contribution in [0.25, 0.3) is 0 Å². The first-order valence-corrected chi connectivity index (χ1v) is 4.89. The summed E-state index contributed by atoms with van der Waals surface area (Å²) in [5, 5.41) is 8.14. The lowest BCUT2D eigenvalue weighted by molar-refractivity contribution is 0.361. The monoisotopic (exact) mass is 197 g/mol. The Balaban J connectivity index is 2.90. The molecule has 0 aliphatic heterocycles. The minimum Gasteiger partial charge on any atom is -0.251 e. The van der Waals surface area contributed by atoms with E-state index in [4.69, 9.17) is 5.26 Å². The highest BCUT2D eigenvalue weighted by Crippen LogP contribution is 2.10. The standard InChI is InChI=1S/C8H7NO3S/c9-6-7-12-13(10,11)8-4-2-1-3-5-8/h1-5H,7H2. The Labute approximate surface area is 76.5 Å². The van der Waals surface area contributed by atoms with E-state index in [1.165, 1.54) is 12.1 Å². The molecule has 0 amide bonds. The van der Waals surface area contributed by atoms with Gasteiger partial charge in [-0.25, -0.2) is 0 Å². The van der Waals surface area contributed by atoms with Gasteiger partial charge in [0.25, 0.3) is 10.1 Å². The summed E-state index contributed by atoms with van der Waals surface area (Å²) in [6.07, 6.45) is 0. The zero-order chi connectivity index (χ0) is 9.73. The third kappa shape index (κ3) is 2.54. The van der Waals surface area contributed by atoms with Crippen LogP contribution in [0.5, 0.6) is 0 Å². The maximum atomic E-state index is 11.2. The summed E-state index contributed by atoms with van der Waals surface area (Å²) < 4.78 is 26.8. The number of rotatable bonds is 3. The van der Waals surface area contributed by atoms with Gasteiger partial charge in [0.15, 0.2) is 6.61 Å². The first-order valence-electron chi connectivity index (χ1n) is 3.48. The maximum absolute atomic E-state index is 11.2. The molecule has 0 fully saturated rings. The molecule has 1 aromatic carbocycles. The van der Waals surface area contributed by atoms with Crippen molar-refractivity contribution in [1.82, 2.24) is 0 Å². The van der Waals surface area contributed by atoms with Gasteiger partial charge < -0.3 is 0 Å². The molecular weight excluding hydrogens is 190 g/mol. The minimum atomic E-state index is -3.74. The Morgan fingerprint density at radius 3 is 2.46 bits per heavy atom. The summed E-state index contributed by atoms with van der Waals surface area (Å²) in [7, 11) is -3.74. The lowest BCUT2D eigenvalue weighted by Gasteiger charge is -2.00. The summed E-state index contributed by atoms with van der Waals surface area (Å²) in [6, 6.07) is 9.28. The van der Waals surface area contributed by atoms with Crippen molar-refractivity contribution in [2.75, 3.05) is 6.61 Å². The van der Waals surface area contributed by atoms with E-state index in [0.717, 1.165) is 0 Å². The molecule has 5 heteroatoms. The molecule has 4 nitrogen and oxygen atoms in total. The van der Waals surface area contributed by atoms with Crippen LogP contribution in [0.4, 0.5) is 0 Å². The Hall–Kier alpha value is -1.38. The average Bonchev–Trinajstić information content (AvgIpc) is 2.16. The van der Waals surface area contributed by atoms with Crippen LogP contribution in [-0.2, 0) is 14.3 Å². The number of hydrogen-bond donors (Lipinski definition) is 0. The molecule has 1 aromatic rings. The van der Waals surface area contributed by atoms with Crippen LogP contribution in [0.15, 0.2) is 35.2 Å². The summed E-state index contributed by atoms with van der Waals surface area (Å²) in [5.74, 6) is 0. The van der Waals surface area contributed by atoms with E-state index in [2.05, 4.69) is 4.18 Å². The summed E-state index contributed by atoms with van der Waals surface area (Å²) in [5.41, 5.74) is 0. The van der Waals surface area contributed by atoms with Crippen LogP contribution < -0.4 is 0 Å². The molecule has 0 bridgehead atoms. The normalized spacial score (nSPS) is 10.7. The van der Waals surface area contributed by atoms with Crippen molar-refractivity contribution in [3.8, 4) is 6.07 Å². The van der Waals surface area contributed by atoms with Crippen molar-refractivity contribution in [3.05, 3.63) is 30.3 Å². The highest BCUT2D eigenvalue weighted by atomic mass is 32.2. The van der Waals surface area contributed by atoms with Gasteiger partial charge >= 0.3 is 0 Å². The average molecular weight is 197 g/mol. The van der Waals surface area contributed by atoms with Crippen molar-refractivity contribution in [3.63, 3.8) is 0 Å². The molecule has 0 saturated heterocycles. The van der Waals surface area contributed by atoms with Crippen LogP contribution in [-0.4, -0.2) is 15.0 Å². The fraction of sp³-hybridized carbons (Fsp3) is 0.125. The Morgan fingerprint density at radius 2 is 1.92 bits per heavy atom. The first kappa shape index (κ1) is 9.71. The van der Waals surface area contributed by atoms with Crippen LogP contribution in [0.1, 0.15) is 0 Å². The van der Waals surface area contributed by atoms with E-state index in [1.54, 1.807) is 24.3 Å². The van der Waals surface area contributed by atoms with Gasteiger partial charge in [-0.2, -0.15) is 13.7 Å². The van der Waals surface area contributed by atoms with Crippen LogP contribution in [0, 0.1) is 11.3 Å². The van der Waals surface area contributed by atoms with Gasteiger partial charge in [0, 0.05) is 0 Å². The summed E-state index contributed by atoms with van der Waals surface area (Å²) in [4.78, 5) is 0.0604. The molecule has 1 rings (SSSR count). The predicted octanol–water partition coefficient (Wildman–Crippen LogP) is 0.915. The van der Waals surface area contributed by atoms with E-state index >= 15 is 0 Å². The van der Waals surface area contributed by atoms with Gasteiger partial charge in [-0.1, -0.05) is 18.2 Å². The number of hydrogen-bond acceptors (Lipinski definition) is 4. The second-order valence-electron chi connectivity index (χ2n) is 2.19. The molecule has 0 aliphatic rings. The third-order valence-corrected chi connectivity index (χ3v) is 2.59. The zero-order valence-electron chi connectivity index (χ0n) is 6.67. The van der Waals surface area contributed by atoms with Gasteiger partial charge in [-0.05, 0) is 12.1 Å². The third-order valence-electron chi connectivity index (χ3n) is 1.31. The van der Waals surface area contributed by atoms with Crippen molar-refractivity contribution >= 4 is 10.1 Å². The summed E-state index contributed by atoms with van der Waals surface area (Å²) >= 11 is 0. The van der Waals surface area contributed by atoms with Crippen molar-refractivity contribution < 1.29 is 12.6 Å². The van der Waals surface area contributed by atoms with Gasteiger partial charge in [-0.3, -0.25) is 4.18 Å². The fourth-order valence-corrected chi connectivity index (χ4v) is 1.59. The lowest BCUT2D eigenvalue weighted by atomic mass is 10.4. The van der Waals surface area contributed by atoms with Gasteiger partial charge in [0.2, 0.25) is 0 Å². The number of nitriles is 1. The Morgan fingerprint density at radius 1 is 1.31 bits per heavy atom. The van der Waals surface area contributed by atoms with Gasteiger partial charge in [0.05, 0.1) is 11.0 Å². The second kappa shape index (κ2) is 4.03. The quantitative estimate of drug-likeness (QED) is 0.675. The minimum absolute atomic E-state index is 0.0604. The number of nitrogens with zero attached hydrogens (tertiary/aromatic N) is 1. The molecule has 0 saturated carbocycles. The molecule has 0 unspecified atom stereocenters. The molecule has 0 aromatic heterocycles. The van der Waals surface area contributed by atoms with E-state index < -0.39 is 16.7 Å². The SMILES string of the molecule is N#CCOS(=O)(=O)c1ccccc1. The Bertz CT molecular complexity index is 405. The fourth-order valence-electron chi connectivity index (χ4n) is 0.759. The molecule has 0 atom stereocenters. The highest BCUT2D eigenvalue weighted by Gasteiger charge is 2.13. The van der Waals surface area contributed by atoms with E-state index in [1.807, 2.05) is 0 Å². The molecule has 0 N–H and O–H groups in total. The lowest BCUT2D eigenvalue weighted by Crippen LogP contribution is -2.06. The van der Waals surface area contributed by atoms with Crippen molar-refractivity contribution in [2.45, 2.75) is 4.90 Å². The van der Waals surface area contributed by atoms with E-state index in [0.29, 0.717) is 0 Å². The Kier molecular flexibility index (Phi) is 3.01. The molecule has 0 spiro atoms. The molecular formula is C8H7NO3S. The van der Waals surface area contributed by atoms with Crippen molar-refractivity contribution in [2.24, 2.45) is 0 Å². The van der Waals surface area contributed by atoms with Crippen LogP contribution in [0.3, 0.4) is 0 Å². The van der Waals surface area contributed by atoms with E-state index in [-0.39, 0.29) is 4.90 Å². The topological polar surface area (TPSA) is 67.2 Å². The zero-order valence-corrected chi connectivity index (χ0v) is 7.49. The molecule has 0 aliphatic carbocycles. The predicted molar refractivity (Wildman–Crippen MR) is 45.2 cm³/mol. The highest BCUT2D eigenvalue weighted by molar-refractivity contribution is 7.86. The van der Waals surface area contributed by atoms with Gasteiger partial charge in [-0.15, -0.1) is 0 Å². The second-order valence-corrected chi connectivity index (χ2v) is 3.80. The molecule has 68 valence electrons. The maximum Gasteiger partial charge on any atom is 0.297 e. The van der Waals surface area contributed by atoms with Crippen LogP contribution in [0.2, 0.25) is 0 Å². The summed E-state index contributed by atoms with van der Waals surface area (Å²) in [6.45, 7) is -0.461. The first-order chi connectivity index (χ1) is 6.17. The van der Waals surface area contributed by atoms with Crippen molar-refractivity contribution in [1.29, 1.82) is 5.26 Å². The number of benzene rings is 1.